The van der Waals surface area contributed by atoms with Crippen molar-refractivity contribution in [2.24, 2.45) is 7.05 Å². The zero-order chi connectivity index (χ0) is 18.5. The van der Waals surface area contributed by atoms with Crippen LogP contribution in [-0.2, 0) is 17.1 Å². The lowest BCUT2D eigenvalue weighted by molar-refractivity contribution is 0.339. The van der Waals surface area contributed by atoms with Crippen LogP contribution in [0.2, 0.25) is 0 Å². The fourth-order valence-electron chi connectivity index (χ4n) is 3.40. The van der Waals surface area contributed by atoms with Crippen LogP contribution in [0.4, 0.5) is 5.69 Å². The molecule has 25 heavy (non-hydrogen) atoms. The molecule has 0 radical (unpaired) electrons. The molecule has 0 aliphatic heterocycles. The van der Waals surface area contributed by atoms with E-state index in [4.69, 9.17) is 0 Å². The summed E-state index contributed by atoms with van der Waals surface area (Å²) in [5, 5.41) is 8.72. The van der Waals surface area contributed by atoms with Crippen molar-refractivity contribution >= 4 is 26.7 Å². The summed E-state index contributed by atoms with van der Waals surface area (Å²) in [5.74, 6) is 0. The zero-order valence-corrected chi connectivity index (χ0v) is 16.4. The van der Waals surface area contributed by atoms with E-state index in [1.807, 2.05) is 40.8 Å². The molecule has 1 aliphatic carbocycles. The summed E-state index contributed by atoms with van der Waals surface area (Å²) in [7, 11) is -1.56. The summed E-state index contributed by atoms with van der Waals surface area (Å²) in [6.45, 7) is 7.93. The van der Waals surface area contributed by atoms with Gasteiger partial charge in [0, 0.05) is 31.0 Å². The van der Waals surface area contributed by atoms with E-state index in [0.29, 0.717) is 19.4 Å². The Morgan fingerprint density at radius 3 is 2.56 bits per heavy atom. The highest BCUT2D eigenvalue weighted by Gasteiger charge is 2.49. The maximum Gasteiger partial charge on any atom is 0.219 e. The third-order valence-corrected chi connectivity index (χ3v) is 7.35. The molecule has 138 valence electrons. The molecule has 0 amide bonds. The SMILES string of the molecule is Cc1nn(C)c2nccc(NCC3(S(=O)(=O)NC(C)(C)C)CCC3)c12. The van der Waals surface area contributed by atoms with Crippen molar-refractivity contribution in [3.05, 3.63) is 18.0 Å². The Hall–Kier alpha value is -1.67. The van der Waals surface area contributed by atoms with Crippen LogP contribution >= 0.6 is 0 Å². The Balaban J connectivity index is 1.88. The zero-order valence-electron chi connectivity index (χ0n) is 15.5. The van der Waals surface area contributed by atoms with Gasteiger partial charge in [0.05, 0.1) is 11.1 Å². The smallest absolute Gasteiger partial charge is 0.219 e. The fourth-order valence-corrected chi connectivity index (χ4v) is 5.51. The van der Waals surface area contributed by atoms with Gasteiger partial charge in [0.2, 0.25) is 10.0 Å². The molecule has 0 atom stereocenters. The molecule has 2 N–H and O–H groups in total. The topological polar surface area (TPSA) is 88.9 Å². The lowest BCUT2D eigenvalue weighted by Crippen LogP contribution is -2.58. The molecule has 0 unspecified atom stereocenters. The van der Waals surface area contributed by atoms with Crippen LogP contribution in [0.15, 0.2) is 12.3 Å². The van der Waals surface area contributed by atoms with Crippen molar-refractivity contribution in [1.82, 2.24) is 19.5 Å². The second-order valence-corrected chi connectivity index (χ2v) is 10.1. The number of fused-ring (bicyclic) bond motifs is 1. The standard InChI is InChI=1S/C17H27N5O2S/c1-12-14-13(7-10-18-15(14)22(5)20-12)19-11-17(8-6-9-17)25(23,24)21-16(2,3)4/h7,10,21H,6,8-9,11H2,1-5H3,(H,18,19). The summed E-state index contributed by atoms with van der Waals surface area (Å²) in [6.07, 6.45) is 4.00. The Kier molecular flexibility index (Phi) is 4.31. The van der Waals surface area contributed by atoms with Crippen LogP contribution in [0, 0.1) is 6.92 Å². The maximum absolute atomic E-state index is 12.9. The molecule has 0 aromatic carbocycles. The van der Waals surface area contributed by atoms with E-state index in [0.717, 1.165) is 28.8 Å². The van der Waals surface area contributed by atoms with Crippen molar-refractivity contribution in [2.45, 2.75) is 57.2 Å². The lowest BCUT2D eigenvalue weighted by Gasteiger charge is -2.42. The number of hydrogen-bond acceptors (Lipinski definition) is 5. The number of rotatable bonds is 5. The van der Waals surface area contributed by atoms with E-state index >= 15 is 0 Å². The largest absolute Gasteiger partial charge is 0.383 e. The minimum Gasteiger partial charge on any atom is -0.383 e. The van der Waals surface area contributed by atoms with Gasteiger partial charge in [-0.05, 0) is 46.6 Å². The number of hydrogen-bond donors (Lipinski definition) is 2. The molecule has 1 aliphatic rings. The molecule has 0 spiro atoms. The molecule has 0 bridgehead atoms. The Morgan fingerprint density at radius 1 is 1.32 bits per heavy atom. The monoisotopic (exact) mass is 365 g/mol. The van der Waals surface area contributed by atoms with Gasteiger partial charge in [0.1, 0.15) is 4.75 Å². The number of sulfonamides is 1. The van der Waals surface area contributed by atoms with Crippen LogP contribution in [0.5, 0.6) is 0 Å². The van der Waals surface area contributed by atoms with E-state index < -0.39 is 20.3 Å². The number of nitrogens with zero attached hydrogens (tertiary/aromatic N) is 3. The number of anilines is 1. The van der Waals surface area contributed by atoms with Gasteiger partial charge >= 0.3 is 0 Å². The molecule has 1 fully saturated rings. The molecular formula is C17H27N5O2S. The minimum absolute atomic E-state index is 0.381. The highest BCUT2D eigenvalue weighted by molar-refractivity contribution is 7.91. The van der Waals surface area contributed by atoms with Gasteiger partial charge in [-0.15, -0.1) is 0 Å². The van der Waals surface area contributed by atoms with Crippen LogP contribution < -0.4 is 10.0 Å². The first-order valence-corrected chi connectivity index (χ1v) is 10.1. The molecule has 2 aromatic heterocycles. The molecule has 8 heteroatoms. The summed E-state index contributed by atoms with van der Waals surface area (Å²) < 4.78 is 29.7. The van der Waals surface area contributed by atoms with Crippen LogP contribution in [0.3, 0.4) is 0 Å². The van der Waals surface area contributed by atoms with E-state index in [-0.39, 0.29) is 0 Å². The van der Waals surface area contributed by atoms with Crippen molar-refractivity contribution in [3.8, 4) is 0 Å². The quantitative estimate of drug-likeness (QED) is 0.849. The maximum atomic E-state index is 12.9. The average molecular weight is 366 g/mol. The summed E-state index contributed by atoms with van der Waals surface area (Å²) in [6, 6.07) is 1.88. The Bertz CT molecular complexity index is 892. The summed E-state index contributed by atoms with van der Waals surface area (Å²) in [4.78, 5) is 4.37. The first-order chi connectivity index (χ1) is 11.5. The fraction of sp³-hybridized carbons (Fsp3) is 0.647. The van der Waals surface area contributed by atoms with E-state index in [1.165, 1.54) is 0 Å². The first kappa shape index (κ1) is 18.1. The molecule has 7 nitrogen and oxygen atoms in total. The second-order valence-electron chi connectivity index (χ2n) is 8.01. The first-order valence-electron chi connectivity index (χ1n) is 8.60. The average Bonchev–Trinajstić information content (AvgIpc) is 2.70. The Morgan fingerprint density at radius 2 is 2.00 bits per heavy atom. The molecule has 2 heterocycles. The number of aromatic nitrogens is 3. The normalized spacial score (nSPS) is 17.5. The predicted octanol–water partition coefficient (Wildman–Crippen LogP) is 2.33. The highest BCUT2D eigenvalue weighted by atomic mass is 32.2. The van der Waals surface area contributed by atoms with Gasteiger partial charge in [-0.3, -0.25) is 4.68 Å². The van der Waals surface area contributed by atoms with Gasteiger partial charge in [-0.2, -0.15) is 5.10 Å². The van der Waals surface area contributed by atoms with Gasteiger partial charge in [-0.1, -0.05) is 6.42 Å². The molecule has 0 saturated heterocycles. The van der Waals surface area contributed by atoms with Crippen LogP contribution in [-0.4, -0.2) is 40.0 Å². The van der Waals surface area contributed by atoms with Crippen molar-refractivity contribution in [3.63, 3.8) is 0 Å². The van der Waals surface area contributed by atoms with E-state index in [9.17, 15) is 8.42 Å². The van der Waals surface area contributed by atoms with Crippen molar-refractivity contribution in [2.75, 3.05) is 11.9 Å². The third kappa shape index (κ3) is 3.25. The number of pyridine rings is 1. The van der Waals surface area contributed by atoms with Crippen molar-refractivity contribution in [1.29, 1.82) is 0 Å². The number of nitrogens with one attached hydrogen (secondary N) is 2. The summed E-state index contributed by atoms with van der Waals surface area (Å²) in [5.41, 5.74) is 2.07. The molecule has 2 aromatic rings. The van der Waals surface area contributed by atoms with Gasteiger partial charge in [0.25, 0.3) is 0 Å². The van der Waals surface area contributed by atoms with Crippen LogP contribution in [0.1, 0.15) is 45.7 Å². The second kappa shape index (κ2) is 5.95. The van der Waals surface area contributed by atoms with E-state index in [1.54, 1.807) is 10.9 Å². The Labute approximate surface area is 149 Å². The van der Waals surface area contributed by atoms with Crippen molar-refractivity contribution < 1.29 is 8.42 Å². The third-order valence-electron chi connectivity index (χ3n) is 4.78. The van der Waals surface area contributed by atoms with Gasteiger partial charge in [0.15, 0.2) is 5.65 Å². The predicted molar refractivity (Wildman–Crippen MR) is 100 cm³/mol. The molecule has 3 rings (SSSR count). The lowest BCUT2D eigenvalue weighted by atomic mass is 9.84. The van der Waals surface area contributed by atoms with Gasteiger partial charge < -0.3 is 5.32 Å². The summed E-state index contributed by atoms with van der Waals surface area (Å²) >= 11 is 0. The highest BCUT2D eigenvalue weighted by Crippen LogP contribution is 2.40. The number of aryl methyl sites for hydroxylation is 2. The van der Waals surface area contributed by atoms with Crippen LogP contribution in [0.25, 0.3) is 11.0 Å². The van der Waals surface area contributed by atoms with Gasteiger partial charge in [-0.25, -0.2) is 18.1 Å². The van der Waals surface area contributed by atoms with E-state index in [2.05, 4.69) is 20.1 Å². The minimum atomic E-state index is -3.42. The molecular weight excluding hydrogens is 338 g/mol. The molecule has 1 saturated carbocycles.